The molecule has 5 heteroatoms. The molecule has 2 aromatic carbocycles. The Morgan fingerprint density at radius 3 is 2.30 bits per heavy atom. The lowest BCUT2D eigenvalue weighted by atomic mass is 9.85. The van der Waals surface area contributed by atoms with Gasteiger partial charge in [-0.15, -0.1) is 0 Å². The molecule has 0 saturated heterocycles. The lowest BCUT2D eigenvalue weighted by Crippen LogP contribution is -2.22. The van der Waals surface area contributed by atoms with Gasteiger partial charge in [-0.25, -0.2) is 0 Å². The summed E-state index contributed by atoms with van der Waals surface area (Å²) < 4.78 is 21.8. The molecular formula is C18H18O5. The van der Waals surface area contributed by atoms with Gasteiger partial charge in [0, 0.05) is 17.5 Å². The van der Waals surface area contributed by atoms with E-state index in [1.54, 1.807) is 20.3 Å². The first-order valence-electron chi connectivity index (χ1n) is 7.28. The van der Waals surface area contributed by atoms with E-state index in [1.165, 1.54) is 7.11 Å². The average Bonchev–Trinajstić information content (AvgIpc) is 2.59. The number of carbonyl (C=O) groups excluding carboxylic acids is 1. The number of hydrogen-bond acceptors (Lipinski definition) is 5. The maximum absolute atomic E-state index is 12.0. The molecule has 1 unspecified atom stereocenters. The van der Waals surface area contributed by atoms with Crippen LogP contribution in [0.15, 0.2) is 36.4 Å². The zero-order valence-corrected chi connectivity index (χ0v) is 13.3. The molecule has 120 valence electrons. The number of methoxy groups -OCH3 is 3. The Labute approximate surface area is 134 Å². The van der Waals surface area contributed by atoms with Crippen molar-refractivity contribution in [2.75, 3.05) is 21.3 Å². The van der Waals surface area contributed by atoms with Crippen LogP contribution in [0, 0.1) is 0 Å². The predicted octanol–water partition coefficient (Wildman–Crippen LogP) is 3.15. The van der Waals surface area contributed by atoms with Gasteiger partial charge in [-0.1, -0.05) is 30.3 Å². The number of ether oxygens (including phenoxy) is 4. The van der Waals surface area contributed by atoms with E-state index < -0.39 is 0 Å². The van der Waals surface area contributed by atoms with E-state index >= 15 is 0 Å². The molecule has 23 heavy (non-hydrogen) atoms. The van der Waals surface area contributed by atoms with E-state index in [9.17, 15) is 4.79 Å². The summed E-state index contributed by atoms with van der Waals surface area (Å²) in [6.07, 6.45) is 0.253. The van der Waals surface area contributed by atoms with Gasteiger partial charge >= 0.3 is 5.97 Å². The molecule has 1 heterocycles. The van der Waals surface area contributed by atoms with Crippen molar-refractivity contribution >= 4 is 5.97 Å². The Bertz CT molecular complexity index is 724. The third kappa shape index (κ3) is 2.59. The highest BCUT2D eigenvalue weighted by atomic mass is 16.5. The number of fused-ring (bicyclic) bond motifs is 1. The van der Waals surface area contributed by atoms with E-state index in [0.717, 1.165) is 11.1 Å². The summed E-state index contributed by atoms with van der Waals surface area (Å²) in [4.78, 5) is 12.0. The van der Waals surface area contributed by atoms with Gasteiger partial charge in [-0.05, 0) is 5.56 Å². The average molecular weight is 314 g/mol. The molecule has 0 fully saturated rings. The van der Waals surface area contributed by atoms with Crippen LogP contribution in [0.2, 0.25) is 0 Å². The maximum atomic E-state index is 12.0. The zero-order valence-electron chi connectivity index (χ0n) is 13.3. The van der Waals surface area contributed by atoms with Crippen molar-refractivity contribution in [2.24, 2.45) is 0 Å². The SMILES string of the molecule is COc1cc2c(c(OC)c1OC)C(c1ccccc1)CC(=O)O2. The smallest absolute Gasteiger partial charge is 0.312 e. The van der Waals surface area contributed by atoms with Crippen LogP contribution in [0.5, 0.6) is 23.0 Å². The molecule has 0 bridgehead atoms. The lowest BCUT2D eigenvalue weighted by Gasteiger charge is -2.28. The highest BCUT2D eigenvalue weighted by molar-refractivity contribution is 5.80. The molecule has 2 aromatic rings. The fourth-order valence-electron chi connectivity index (χ4n) is 2.97. The molecule has 1 atom stereocenters. The zero-order chi connectivity index (χ0) is 16.4. The van der Waals surface area contributed by atoms with E-state index in [0.29, 0.717) is 23.0 Å². The summed E-state index contributed by atoms with van der Waals surface area (Å²) in [5, 5.41) is 0. The molecule has 0 saturated carbocycles. The van der Waals surface area contributed by atoms with Crippen LogP contribution in [0.1, 0.15) is 23.5 Å². The number of carbonyl (C=O) groups is 1. The third-order valence-corrected chi connectivity index (χ3v) is 3.98. The largest absolute Gasteiger partial charge is 0.493 e. The summed E-state index contributed by atoms with van der Waals surface area (Å²) in [5.41, 5.74) is 1.83. The van der Waals surface area contributed by atoms with Gasteiger partial charge in [0.05, 0.1) is 27.8 Å². The van der Waals surface area contributed by atoms with Crippen LogP contribution in [0.3, 0.4) is 0 Å². The Morgan fingerprint density at radius 2 is 1.70 bits per heavy atom. The first kappa shape index (κ1) is 15.2. The van der Waals surface area contributed by atoms with Gasteiger partial charge in [-0.2, -0.15) is 0 Å². The summed E-state index contributed by atoms with van der Waals surface area (Å²) in [6.45, 7) is 0. The molecule has 0 N–H and O–H groups in total. The first-order valence-corrected chi connectivity index (χ1v) is 7.28. The van der Waals surface area contributed by atoms with Crippen molar-refractivity contribution in [1.82, 2.24) is 0 Å². The number of benzene rings is 2. The van der Waals surface area contributed by atoms with Gasteiger partial charge in [-0.3, -0.25) is 4.79 Å². The summed E-state index contributed by atoms with van der Waals surface area (Å²) in [7, 11) is 4.65. The van der Waals surface area contributed by atoms with Crippen LogP contribution in [-0.4, -0.2) is 27.3 Å². The third-order valence-electron chi connectivity index (χ3n) is 3.98. The van der Waals surface area contributed by atoms with Gasteiger partial charge in [0.25, 0.3) is 0 Å². The number of hydrogen-bond donors (Lipinski definition) is 0. The van der Waals surface area contributed by atoms with Crippen molar-refractivity contribution in [3.8, 4) is 23.0 Å². The van der Waals surface area contributed by atoms with Crippen LogP contribution in [-0.2, 0) is 4.79 Å². The second-order valence-electron chi connectivity index (χ2n) is 5.20. The van der Waals surface area contributed by atoms with Gasteiger partial charge in [0.1, 0.15) is 5.75 Å². The number of esters is 1. The van der Waals surface area contributed by atoms with Crippen molar-refractivity contribution in [3.05, 3.63) is 47.5 Å². The molecule has 3 rings (SSSR count). The van der Waals surface area contributed by atoms with E-state index in [1.807, 2.05) is 30.3 Å². The molecule has 1 aliphatic rings. The van der Waals surface area contributed by atoms with Crippen LogP contribution in [0.4, 0.5) is 0 Å². The minimum absolute atomic E-state index is 0.151. The van der Waals surface area contributed by atoms with Gasteiger partial charge in [0.2, 0.25) is 5.75 Å². The highest BCUT2D eigenvalue weighted by Gasteiger charge is 2.34. The minimum atomic E-state index is -0.277. The lowest BCUT2D eigenvalue weighted by molar-refractivity contribution is -0.135. The molecule has 0 aliphatic carbocycles. The Hall–Kier alpha value is -2.69. The normalized spacial score (nSPS) is 16.3. The number of rotatable bonds is 4. The minimum Gasteiger partial charge on any atom is -0.493 e. The van der Waals surface area contributed by atoms with Crippen molar-refractivity contribution < 1.29 is 23.7 Å². The maximum Gasteiger partial charge on any atom is 0.312 e. The Morgan fingerprint density at radius 1 is 1.00 bits per heavy atom. The second kappa shape index (κ2) is 6.20. The molecule has 0 spiro atoms. The van der Waals surface area contributed by atoms with Crippen molar-refractivity contribution in [1.29, 1.82) is 0 Å². The molecular weight excluding hydrogens is 296 g/mol. The monoisotopic (exact) mass is 314 g/mol. The van der Waals surface area contributed by atoms with Crippen molar-refractivity contribution in [3.63, 3.8) is 0 Å². The highest BCUT2D eigenvalue weighted by Crippen LogP contribution is 2.52. The van der Waals surface area contributed by atoms with E-state index in [-0.39, 0.29) is 18.3 Å². The summed E-state index contributed by atoms with van der Waals surface area (Å²) in [5.74, 6) is 1.51. The fraction of sp³-hybridized carbons (Fsp3) is 0.278. The first-order chi connectivity index (χ1) is 11.2. The topological polar surface area (TPSA) is 54.0 Å². The van der Waals surface area contributed by atoms with E-state index in [2.05, 4.69) is 0 Å². The van der Waals surface area contributed by atoms with Crippen molar-refractivity contribution in [2.45, 2.75) is 12.3 Å². The van der Waals surface area contributed by atoms with Crippen LogP contribution >= 0.6 is 0 Å². The summed E-state index contributed by atoms with van der Waals surface area (Å²) in [6, 6.07) is 11.5. The Balaban J connectivity index is 2.25. The van der Waals surface area contributed by atoms with Gasteiger partial charge < -0.3 is 18.9 Å². The fourth-order valence-corrected chi connectivity index (χ4v) is 2.97. The molecule has 5 nitrogen and oxygen atoms in total. The van der Waals surface area contributed by atoms with Crippen LogP contribution < -0.4 is 18.9 Å². The Kier molecular flexibility index (Phi) is 4.10. The summed E-state index contributed by atoms with van der Waals surface area (Å²) >= 11 is 0. The second-order valence-corrected chi connectivity index (χ2v) is 5.20. The van der Waals surface area contributed by atoms with Crippen LogP contribution in [0.25, 0.3) is 0 Å². The predicted molar refractivity (Wildman–Crippen MR) is 84.6 cm³/mol. The standard InChI is InChI=1S/C18H18O5/c1-20-14-10-13-16(18(22-3)17(14)21-2)12(9-15(19)23-13)11-7-5-4-6-8-11/h4-8,10,12H,9H2,1-3H3. The molecule has 1 aliphatic heterocycles. The van der Waals surface area contributed by atoms with Gasteiger partial charge in [0.15, 0.2) is 11.5 Å². The quantitative estimate of drug-likeness (QED) is 0.641. The molecule has 0 amide bonds. The molecule has 0 aromatic heterocycles. The molecule has 0 radical (unpaired) electrons. The van der Waals surface area contributed by atoms with E-state index in [4.69, 9.17) is 18.9 Å².